The van der Waals surface area contributed by atoms with E-state index in [-0.39, 0.29) is 5.41 Å². The maximum absolute atomic E-state index is 13.6. The number of rotatable bonds is 5. The van der Waals surface area contributed by atoms with Crippen molar-refractivity contribution in [3.8, 4) is 0 Å². The summed E-state index contributed by atoms with van der Waals surface area (Å²) >= 11 is 0. The van der Waals surface area contributed by atoms with Crippen molar-refractivity contribution in [2.45, 2.75) is 72.1 Å². The van der Waals surface area contributed by atoms with Crippen LogP contribution in [0.1, 0.15) is 61.6 Å². The summed E-state index contributed by atoms with van der Waals surface area (Å²) in [7, 11) is -3.77. The first-order chi connectivity index (χ1) is 16.5. The molecule has 1 atom stereocenters. The van der Waals surface area contributed by atoms with Gasteiger partial charge in [-0.25, -0.2) is 8.42 Å². The topological polar surface area (TPSA) is 59.3 Å². The van der Waals surface area contributed by atoms with Crippen LogP contribution in [0.25, 0.3) is 21.7 Å². The fourth-order valence-electron chi connectivity index (χ4n) is 5.92. The standard InChI is InChI=1S/C30H35NO3S/c1-7-30(5,6)21-12-13-27-24(16-21)25-17-26(22-10-8-9-11-23(22)28(25)34-27)31-35(32,33)29-19(3)14-18(2)15-20(29)4/h8-11,14-15,17,21,31H,7,12-13,16H2,1-6H3. The highest BCUT2D eigenvalue weighted by molar-refractivity contribution is 7.92. The largest absolute Gasteiger partial charge is 0.460 e. The first-order valence-electron chi connectivity index (χ1n) is 12.6. The van der Waals surface area contributed by atoms with Crippen molar-refractivity contribution in [1.29, 1.82) is 0 Å². The Kier molecular flexibility index (Phi) is 5.75. The van der Waals surface area contributed by atoms with Crippen molar-refractivity contribution in [1.82, 2.24) is 0 Å². The Balaban J connectivity index is 1.67. The second kappa shape index (κ2) is 8.41. The Morgan fingerprint density at radius 2 is 1.66 bits per heavy atom. The van der Waals surface area contributed by atoms with Gasteiger partial charge in [0.15, 0.2) is 0 Å². The van der Waals surface area contributed by atoms with Gasteiger partial charge in [0.1, 0.15) is 11.3 Å². The highest BCUT2D eigenvalue weighted by Crippen LogP contribution is 2.45. The van der Waals surface area contributed by atoms with Crippen LogP contribution in [0.4, 0.5) is 5.69 Å². The molecule has 35 heavy (non-hydrogen) atoms. The Morgan fingerprint density at radius 1 is 1.00 bits per heavy atom. The summed E-state index contributed by atoms with van der Waals surface area (Å²) in [4.78, 5) is 0.353. The molecule has 3 aromatic carbocycles. The van der Waals surface area contributed by atoms with Gasteiger partial charge >= 0.3 is 0 Å². The Hall–Kier alpha value is -2.79. The van der Waals surface area contributed by atoms with Gasteiger partial charge < -0.3 is 4.42 Å². The molecule has 0 spiro atoms. The summed E-state index contributed by atoms with van der Waals surface area (Å²) in [6.07, 6.45) is 4.14. The van der Waals surface area contributed by atoms with E-state index in [1.165, 1.54) is 5.56 Å². The smallest absolute Gasteiger partial charge is 0.262 e. The van der Waals surface area contributed by atoms with Crippen LogP contribution in [0.5, 0.6) is 0 Å². The monoisotopic (exact) mass is 489 g/mol. The minimum atomic E-state index is -3.77. The summed E-state index contributed by atoms with van der Waals surface area (Å²) in [5.74, 6) is 1.63. The van der Waals surface area contributed by atoms with E-state index in [4.69, 9.17) is 4.42 Å². The molecule has 0 saturated heterocycles. The number of aryl methyl sites for hydroxylation is 4. The molecule has 0 saturated carbocycles. The van der Waals surface area contributed by atoms with Gasteiger partial charge in [-0.2, -0.15) is 0 Å². The van der Waals surface area contributed by atoms with Crippen molar-refractivity contribution in [2.75, 3.05) is 4.72 Å². The number of hydrogen-bond donors (Lipinski definition) is 1. The molecule has 1 aliphatic carbocycles. The number of fused-ring (bicyclic) bond motifs is 5. The van der Waals surface area contributed by atoms with Crippen LogP contribution in [0.15, 0.2) is 51.8 Å². The van der Waals surface area contributed by atoms with E-state index < -0.39 is 10.0 Å². The molecule has 0 fully saturated rings. The quantitative estimate of drug-likeness (QED) is 0.310. The number of anilines is 1. The fraction of sp³-hybridized carbons (Fsp3) is 0.400. The number of hydrogen-bond acceptors (Lipinski definition) is 3. The first-order valence-corrected chi connectivity index (χ1v) is 14.1. The summed E-state index contributed by atoms with van der Waals surface area (Å²) < 4.78 is 36.7. The zero-order chi connectivity index (χ0) is 25.1. The number of nitrogens with one attached hydrogen (secondary N) is 1. The van der Waals surface area contributed by atoms with E-state index in [9.17, 15) is 8.42 Å². The molecular formula is C30H35NO3S. The van der Waals surface area contributed by atoms with Gasteiger partial charge in [0, 0.05) is 28.1 Å². The zero-order valence-electron chi connectivity index (χ0n) is 21.6. The third kappa shape index (κ3) is 4.04. The van der Waals surface area contributed by atoms with E-state index in [0.717, 1.165) is 69.9 Å². The molecule has 184 valence electrons. The van der Waals surface area contributed by atoms with Gasteiger partial charge in [-0.3, -0.25) is 4.72 Å². The van der Waals surface area contributed by atoms with Crippen LogP contribution in [0, 0.1) is 32.1 Å². The van der Waals surface area contributed by atoms with E-state index in [0.29, 0.717) is 16.5 Å². The van der Waals surface area contributed by atoms with Crippen molar-refractivity contribution < 1.29 is 12.8 Å². The minimum absolute atomic E-state index is 0.253. The van der Waals surface area contributed by atoms with Crippen LogP contribution < -0.4 is 4.72 Å². The average Bonchev–Trinajstić information content (AvgIpc) is 3.16. The Morgan fingerprint density at radius 3 is 2.31 bits per heavy atom. The van der Waals surface area contributed by atoms with Crippen molar-refractivity contribution in [2.24, 2.45) is 11.3 Å². The van der Waals surface area contributed by atoms with Gasteiger partial charge in [-0.15, -0.1) is 0 Å². The summed E-state index contributed by atoms with van der Waals surface area (Å²) in [5.41, 5.74) is 5.53. The second-order valence-electron chi connectivity index (χ2n) is 11.0. The molecule has 4 aromatic rings. The number of furan rings is 1. The summed E-state index contributed by atoms with van der Waals surface area (Å²) in [6, 6.07) is 13.8. The molecule has 4 nitrogen and oxygen atoms in total. The molecule has 0 aliphatic heterocycles. The molecule has 0 amide bonds. The lowest BCUT2D eigenvalue weighted by Gasteiger charge is -2.36. The van der Waals surface area contributed by atoms with Gasteiger partial charge in [0.25, 0.3) is 10.0 Å². The molecule has 5 rings (SSSR count). The van der Waals surface area contributed by atoms with Crippen LogP contribution in [0.3, 0.4) is 0 Å². The summed E-state index contributed by atoms with van der Waals surface area (Å²) in [6.45, 7) is 12.7. The van der Waals surface area contributed by atoms with Crippen molar-refractivity contribution >= 4 is 37.5 Å². The predicted octanol–water partition coefficient (Wildman–Crippen LogP) is 7.85. The van der Waals surface area contributed by atoms with Crippen LogP contribution in [-0.4, -0.2) is 8.42 Å². The third-order valence-corrected chi connectivity index (χ3v) is 9.86. The normalized spacial score (nSPS) is 16.6. The average molecular weight is 490 g/mol. The lowest BCUT2D eigenvalue weighted by Crippen LogP contribution is -2.28. The lowest BCUT2D eigenvalue weighted by molar-refractivity contribution is 0.179. The molecular weight excluding hydrogens is 454 g/mol. The van der Waals surface area contributed by atoms with E-state index in [2.05, 4.69) is 25.5 Å². The van der Waals surface area contributed by atoms with E-state index in [1.807, 2.05) is 63.2 Å². The van der Waals surface area contributed by atoms with Gasteiger partial charge in [0.2, 0.25) is 0 Å². The molecule has 5 heteroatoms. The van der Waals surface area contributed by atoms with Crippen LogP contribution in [-0.2, 0) is 22.9 Å². The van der Waals surface area contributed by atoms with Gasteiger partial charge in [-0.05, 0) is 62.1 Å². The van der Waals surface area contributed by atoms with E-state index >= 15 is 0 Å². The number of sulfonamides is 1. The molecule has 1 unspecified atom stereocenters. The van der Waals surface area contributed by atoms with Gasteiger partial charge in [-0.1, -0.05) is 69.2 Å². The van der Waals surface area contributed by atoms with Crippen molar-refractivity contribution in [3.05, 3.63) is 70.5 Å². The van der Waals surface area contributed by atoms with E-state index in [1.54, 1.807) is 0 Å². The molecule has 0 bridgehead atoms. The van der Waals surface area contributed by atoms with Crippen LogP contribution >= 0.6 is 0 Å². The summed E-state index contributed by atoms with van der Waals surface area (Å²) in [5, 5.41) is 2.83. The highest BCUT2D eigenvalue weighted by Gasteiger charge is 2.34. The highest BCUT2D eigenvalue weighted by atomic mass is 32.2. The first kappa shape index (κ1) is 23.9. The zero-order valence-corrected chi connectivity index (χ0v) is 22.4. The maximum atomic E-state index is 13.6. The molecule has 1 aliphatic rings. The molecule has 1 aromatic heterocycles. The predicted molar refractivity (Wildman–Crippen MR) is 145 cm³/mol. The SMILES string of the molecule is CCC(C)(C)C1CCc2oc3c(cc(NS(=O)(=O)c4c(C)cc(C)cc4C)c4ccccc43)c2C1. The Labute approximate surface area is 208 Å². The Bertz CT molecular complexity index is 1540. The fourth-order valence-corrected chi connectivity index (χ4v) is 7.45. The van der Waals surface area contributed by atoms with Gasteiger partial charge in [0.05, 0.1) is 10.6 Å². The van der Waals surface area contributed by atoms with Crippen molar-refractivity contribution in [3.63, 3.8) is 0 Å². The second-order valence-corrected chi connectivity index (χ2v) is 12.6. The third-order valence-electron chi connectivity index (χ3n) is 8.19. The lowest BCUT2D eigenvalue weighted by atomic mass is 9.69. The molecule has 1 heterocycles. The minimum Gasteiger partial charge on any atom is -0.460 e. The maximum Gasteiger partial charge on any atom is 0.262 e. The van der Waals surface area contributed by atoms with Crippen LogP contribution in [0.2, 0.25) is 0 Å². The molecule has 1 N–H and O–H groups in total. The molecule has 0 radical (unpaired) electrons. The number of benzene rings is 3.